The number of hydrogen-bond acceptors (Lipinski definition) is 5. The monoisotopic (exact) mass is 311 g/mol. The lowest BCUT2D eigenvalue weighted by Gasteiger charge is -2.15. The SMILES string of the molecule is COc1cc(C#N)ccc1OC(=O)[C@H](C)Oc1cccc(C)c1. The predicted molar refractivity (Wildman–Crippen MR) is 84.6 cm³/mol. The molecule has 0 aliphatic carbocycles. The van der Waals surface area contributed by atoms with Crippen LogP contribution >= 0.6 is 0 Å². The molecule has 2 rings (SSSR count). The minimum Gasteiger partial charge on any atom is -0.493 e. The first-order chi connectivity index (χ1) is 11.0. The molecule has 0 amide bonds. The van der Waals surface area contributed by atoms with Gasteiger partial charge in [0.25, 0.3) is 0 Å². The molecule has 5 heteroatoms. The minimum absolute atomic E-state index is 0.246. The number of rotatable bonds is 5. The molecule has 118 valence electrons. The number of carbonyl (C=O) groups is 1. The van der Waals surface area contributed by atoms with Crippen LogP contribution in [0, 0.1) is 18.3 Å². The minimum atomic E-state index is -0.780. The summed E-state index contributed by atoms with van der Waals surface area (Å²) in [6, 6.07) is 14.0. The Morgan fingerprint density at radius 2 is 1.96 bits per heavy atom. The fraction of sp³-hybridized carbons (Fsp3) is 0.222. The number of hydrogen-bond donors (Lipinski definition) is 0. The van der Waals surface area contributed by atoms with Crippen LogP contribution in [0.1, 0.15) is 18.1 Å². The number of esters is 1. The maximum Gasteiger partial charge on any atom is 0.352 e. The molecule has 0 heterocycles. The average Bonchev–Trinajstić information content (AvgIpc) is 2.55. The highest BCUT2D eigenvalue weighted by Gasteiger charge is 2.19. The highest BCUT2D eigenvalue weighted by molar-refractivity contribution is 5.78. The summed E-state index contributed by atoms with van der Waals surface area (Å²) in [5.74, 6) is 0.618. The first-order valence-corrected chi connectivity index (χ1v) is 7.06. The summed E-state index contributed by atoms with van der Waals surface area (Å²) in [7, 11) is 1.44. The van der Waals surface area contributed by atoms with Crippen molar-refractivity contribution in [1.29, 1.82) is 5.26 Å². The van der Waals surface area contributed by atoms with Crippen molar-refractivity contribution in [2.75, 3.05) is 7.11 Å². The van der Waals surface area contributed by atoms with Crippen LogP contribution in [0.2, 0.25) is 0 Å². The van der Waals surface area contributed by atoms with Gasteiger partial charge in [-0.25, -0.2) is 4.79 Å². The Labute approximate surface area is 135 Å². The number of ether oxygens (including phenoxy) is 3. The van der Waals surface area contributed by atoms with E-state index in [4.69, 9.17) is 19.5 Å². The van der Waals surface area contributed by atoms with Gasteiger partial charge in [-0.1, -0.05) is 12.1 Å². The molecule has 0 spiro atoms. The Hall–Kier alpha value is -3.00. The third-order valence-electron chi connectivity index (χ3n) is 3.14. The van der Waals surface area contributed by atoms with Gasteiger partial charge >= 0.3 is 5.97 Å². The fourth-order valence-corrected chi connectivity index (χ4v) is 1.95. The Morgan fingerprint density at radius 1 is 1.17 bits per heavy atom. The normalized spacial score (nSPS) is 11.2. The van der Waals surface area contributed by atoms with Gasteiger partial charge in [0.1, 0.15) is 5.75 Å². The Morgan fingerprint density at radius 3 is 2.61 bits per heavy atom. The quantitative estimate of drug-likeness (QED) is 0.626. The Kier molecular flexibility index (Phi) is 5.21. The van der Waals surface area contributed by atoms with Crippen LogP contribution in [0.15, 0.2) is 42.5 Å². The number of nitriles is 1. The van der Waals surface area contributed by atoms with Gasteiger partial charge in [0.2, 0.25) is 0 Å². The summed E-state index contributed by atoms with van der Waals surface area (Å²) >= 11 is 0. The summed E-state index contributed by atoms with van der Waals surface area (Å²) in [4.78, 5) is 12.2. The zero-order valence-electron chi connectivity index (χ0n) is 13.2. The van der Waals surface area contributed by atoms with Gasteiger partial charge in [-0.2, -0.15) is 5.26 Å². The van der Waals surface area contributed by atoms with Gasteiger partial charge in [-0.15, -0.1) is 0 Å². The van der Waals surface area contributed by atoms with Crippen molar-refractivity contribution in [3.05, 3.63) is 53.6 Å². The average molecular weight is 311 g/mol. The molecular formula is C18H17NO4. The zero-order chi connectivity index (χ0) is 16.8. The van der Waals surface area contributed by atoms with E-state index in [0.717, 1.165) is 5.56 Å². The highest BCUT2D eigenvalue weighted by Crippen LogP contribution is 2.28. The van der Waals surface area contributed by atoms with Crippen molar-refractivity contribution in [3.63, 3.8) is 0 Å². The van der Waals surface area contributed by atoms with E-state index in [1.807, 2.05) is 31.2 Å². The second-order valence-electron chi connectivity index (χ2n) is 4.98. The van der Waals surface area contributed by atoms with Crippen molar-refractivity contribution in [1.82, 2.24) is 0 Å². The van der Waals surface area contributed by atoms with Crippen molar-refractivity contribution in [2.24, 2.45) is 0 Å². The number of benzene rings is 2. The van der Waals surface area contributed by atoms with Crippen molar-refractivity contribution in [2.45, 2.75) is 20.0 Å². The third-order valence-corrected chi connectivity index (χ3v) is 3.14. The smallest absolute Gasteiger partial charge is 0.352 e. The van der Waals surface area contributed by atoms with Crippen LogP contribution in [-0.2, 0) is 4.79 Å². The molecule has 2 aromatic carbocycles. The Bertz CT molecular complexity index is 749. The van der Waals surface area contributed by atoms with Gasteiger partial charge in [0.05, 0.1) is 18.7 Å². The van der Waals surface area contributed by atoms with Crippen molar-refractivity contribution in [3.8, 4) is 23.3 Å². The first-order valence-electron chi connectivity index (χ1n) is 7.06. The standard InChI is InChI=1S/C18H17NO4/c1-12-5-4-6-15(9-12)22-13(2)18(20)23-16-8-7-14(11-19)10-17(16)21-3/h4-10,13H,1-3H3/t13-/m0/s1. The second kappa shape index (κ2) is 7.32. The summed E-state index contributed by atoms with van der Waals surface area (Å²) in [5.41, 5.74) is 1.46. The lowest BCUT2D eigenvalue weighted by molar-refractivity contribution is -0.141. The molecule has 0 saturated carbocycles. The molecule has 23 heavy (non-hydrogen) atoms. The molecule has 0 radical (unpaired) electrons. The first kappa shape index (κ1) is 16.4. The lowest BCUT2D eigenvalue weighted by Crippen LogP contribution is -2.28. The molecule has 2 aromatic rings. The summed E-state index contributed by atoms with van der Waals surface area (Å²) < 4.78 is 16.0. The molecule has 0 aromatic heterocycles. The molecule has 0 bridgehead atoms. The van der Waals surface area contributed by atoms with Gasteiger partial charge in [-0.05, 0) is 43.7 Å². The maximum absolute atomic E-state index is 12.2. The number of carbonyl (C=O) groups excluding carboxylic acids is 1. The van der Waals surface area contributed by atoms with Crippen LogP contribution in [0.25, 0.3) is 0 Å². The van der Waals surface area contributed by atoms with E-state index in [-0.39, 0.29) is 5.75 Å². The second-order valence-corrected chi connectivity index (χ2v) is 4.98. The van der Waals surface area contributed by atoms with Gasteiger partial charge < -0.3 is 14.2 Å². The molecule has 0 unspecified atom stereocenters. The van der Waals surface area contributed by atoms with E-state index in [1.54, 1.807) is 19.1 Å². The fourth-order valence-electron chi connectivity index (χ4n) is 1.95. The van der Waals surface area contributed by atoms with Crippen molar-refractivity contribution >= 4 is 5.97 Å². The number of methoxy groups -OCH3 is 1. The maximum atomic E-state index is 12.2. The van der Waals surface area contributed by atoms with Crippen LogP contribution < -0.4 is 14.2 Å². The molecular weight excluding hydrogens is 294 g/mol. The predicted octanol–water partition coefficient (Wildman–Crippen LogP) is 3.25. The molecule has 5 nitrogen and oxygen atoms in total. The van der Waals surface area contributed by atoms with Crippen molar-refractivity contribution < 1.29 is 19.0 Å². The van der Waals surface area contributed by atoms with Crippen LogP contribution in [0.3, 0.4) is 0 Å². The van der Waals surface area contributed by atoms with E-state index in [9.17, 15) is 4.79 Å². The molecule has 0 aliphatic rings. The molecule has 0 N–H and O–H groups in total. The van der Waals surface area contributed by atoms with Gasteiger partial charge in [0, 0.05) is 6.07 Å². The van der Waals surface area contributed by atoms with E-state index in [2.05, 4.69) is 0 Å². The van der Waals surface area contributed by atoms with E-state index in [1.165, 1.54) is 19.2 Å². The molecule has 0 saturated heterocycles. The Balaban J connectivity index is 2.08. The lowest BCUT2D eigenvalue weighted by atomic mass is 10.2. The zero-order valence-corrected chi connectivity index (χ0v) is 13.2. The van der Waals surface area contributed by atoms with E-state index >= 15 is 0 Å². The van der Waals surface area contributed by atoms with Crippen LogP contribution in [-0.4, -0.2) is 19.2 Å². The highest BCUT2D eigenvalue weighted by atomic mass is 16.6. The van der Waals surface area contributed by atoms with E-state index < -0.39 is 12.1 Å². The number of aryl methyl sites for hydroxylation is 1. The topological polar surface area (TPSA) is 68.5 Å². The molecule has 0 fully saturated rings. The van der Waals surface area contributed by atoms with Crippen LogP contribution in [0.5, 0.6) is 17.2 Å². The number of nitrogens with zero attached hydrogens (tertiary/aromatic N) is 1. The van der Waals surface area contributed by atoms with Gasteiger partial charge in [-0.3, -0.25) is 0 Å². The third kappa shape index (κ3) is 4.24. The summed E-state index contributed by atoms with van der Waals surface area (Å²) in [5, 5.41) is 8.87. The summed E-state index contributed by atoms with van der Waals surface area (Å²) in [6.45, 7) is 3.55. The largest absolute Gasteiger partial charge is 0.493 e. The molecule has 0 aliphatic heterocycles. The van der Waals surface area contributed by atoms with E-state index in [0.29, 0.717) is 17.1 Å². The molecule has 1 atom stereocenters. The van der Waals surface area contributed by atoms with Gasteiger partial charge in [0.15, 0.2) is 17.6 Å². The van der Waals surface area contributed by atoms with Crippen LogP contribution in [0.4, 0.5) is 0 Å². The summed E-state index contributed by atoms with van der Waals surface area (Å²) in [6.07, 6.45) is -0.780.